The van der Waals surface area contributed by atoms with Crippen molar-refractivity contribution in [3.63, 3.8) is 0 Å². The highest BCUT2D eigenvalue weighted by Crippen LogP contribution is 2.27. The van der Waals surface area contributed by atoms with Gasteiger partial charge < -0.3 is 14.5 Å². The molecule has 3 aromatic rings. The zero-order chi connectivity index (χ0) is 23.1. The quantitative estimate of drug-likeness (QED) is 0.585. The number of aromatic nitrogens is 4. The smallest absolute Gasteiger partial charge is 0.332 e. The van der Waals surface area contributed by atoms with Gasteiger partial charge in [0, 0.05) is 33.2 Å². The predicted molar refractivity (Wildman–Crippen MR) is 128 cm³/mol. The first-order chi connectivity index (χ1) is 16.0. The molecule has 2 fully saturated rings. The Balaban J connectivity index is 1.56. The fraction of sp³-hybridized carbons (Fsp3) is 0.542. The van der Waals surface area contributed by atoms with E-state index in [4.69, 9.17) is 9.72 Å². The van der Waals surface area contributed by atoms with Crippen molar-refractivity contribution in [1.29, 1.82) is 0 Å². The van der Waals surface area contributed by atoms with Gasteiger partial charge in [-0.15, -0.1) is 0 Å². The zero-order valence-electron chi connectivity index (χ0n) is 19.7. The minimum absolute atomic E-state index is 0.318. The van der Waals surface area contributed by atoms with Crippen LogP contribution < -0.4 is 20.9 Å². The Hall–Kier alpha value is -3.07. The Labute approximate surface area is 192 Å². The van der Waals surface area contributed by atoms with Crippen molar-refractivity contribution in [3.05, 3.63) is 50.7 Å². The van der Waals surface area contributed by atoms with Gasteiger partial charge in [-0.25, -0.2) is 4.79 Å². The van der Waals surface area contributed by atoms with Crippen LogP contribution in [0.5, 0.6) is 5.75 Å². The summed E-state index contributed by atoms with van der Waals surface area (Å²) in [5.74, 6) is 1.52. The summed E-state index contributed by atoms with van der Waals surface area (Å²) in [4.78, 5) is 35.5. The van der Waals surface area contributed by atoms with Gasteiger partial charge in [-0.1, -0.05) is 12.1 Å². The van der Waals surface area contributed by atoms with Crippen LogP contribution in [-0.2, 0) is 20.6 Å². The van der Waals surface area contributed by atoms with E-state index in [9.17, 15) is 9.59 Å². The third-order valence-electron chi connectivity index (χ3n) is 7.21. The predicted octanol–water partition coefficient (Wildman–Crippen LogP) is 1.56. The molecule has 9 nitrogen and oxygen atoms in total. The maximum atomic E-state index is 13.2. The maximum absolute atomic E-state index is 13.2. The minimum atomic E-state index is -0.363. The number of anilines is 1. The Morgan fingerprint density at radius 3 is 2.45 bits per heavy atom. The standard InChI is InChI=1S/C24H32N6O3/c1-26-21-20(22(31)27(2)24(26)32)30(16-17-7-6-8-19(15-17)33-3)23(25-21)29-13-9-18(10-14-29)28-11-4-5-12-28/h6-8,15,18H,4-5,9-14,16H2,1-3H3. The number of hydrogen-bond acceptors (Lipinski definition) is 6. The normalized spacial score (nSPS) is 17.8. The average molecular weight is 453 g/mol. The van der Waals surface area contributed by atoms with Gasteiger partial charge in [0.1, 0.15) is 5.75 Å². The third kappa shape index (κ3) is 3.84. The Morgan fingerprint density at radius 1 is 1.03 bits per heavy atom. The lowest BCUT2D eigenvalue weighted by Gasteiger charge is -2.37. The fourth-order valence-corrected chi connectivity index (χ4v) is 5.32. The molecular weight excluding hydrogens is 420 g/mol. The lowest BCUT2D eigenvalue weighted by Crippen LogP contribution is -2.44. The van der Waals surface area contributed by atoms with Crippen LogP contribution in [0.1, 0.15) is 31.2 Å². The molecule has 5 rings (SSSR count). The van der Waals surface area contributed by atoms with Crippen molar-refractivity contribution in [2.24, 2.45) is 14.1 Å². The SMILES string of the molecule is COc1cccc(Cn2c(N3CCC(N4CCCC4)CC3)nc3c2c(=O)n(C)c(=O)n3C)c1. The molecule has 0 saturated carbocycles. The van der Waals surface area contributed by atoms with E-state index < -0.39 is 0 Å². The summed E-state index contributed by atoms with van der Waals surface area (Å²) in [6, 6.07) is 8.47. The maximum Gasteiger partial charge on any atom is 0.332 e. The van der Waals surface area contributed by atoms with Crippen molar-refractivity contribution in [3.8, 4) is 5.75 Å². The minimum Gasteiger partial charge on any atom is -0.497 e. The van der Waals surface area contributed by atoms with E-state index in [-0.39, 0.29) is 11.2 Å². The number of rotatable bonds is 5. The molecule has 0 spiro atoms. The van der Waals surface area contributed by atoms with E-state index in [1.807, 2.05) is 28.8 Å². The third-order valence-corrected chi connectivity index (χ3v) is 7.21. The highest BCUT2D eigenvalue weighted by Gasteiger charge is 2.29. The zero-order valence-corrected chi connectivity index (χ0v) is 19.7. The summed E-state index contributed by atoms with van der Waals surface area (Å²) >= 11 is 0. The van der Waals surface area contributed by atoms with Gasteiger partial charge >= 0.3 is 5.69 Å². The van der Waals surface area contributed by atoms with Crippen molar-refractivity contribution in [1.82, 2.24) is 23.6 Å². The van der Waals surface area contributed by atoms with Gasteiger partial charge in [0.25, 0.3) is 5.56 Å². The van der Waals surface area contributed by atoms with Gasteiger partial charge in [0.15, 0.2) is 11.2 Å². The number of fused-ring (bicyclic) bond motifs is 1. The second-order valence-electron chi connectivity index (χ2n) is 9.19. The molecule has 2 aromatic heterocycles. The molecule has 0 unspecified atom stereocenters. The molecule has 1 aromatic carbocycles. The molecule has 0 radical (unpaired) electrons. The topological polar surface area (TPSA) is 77.5 Å². The summed E-state index contributed by atoms with van der Waals surface area (Å²) < 4.78 is 10.0. The van der Waals surface area contributed by atoms with Crippen molar-refractivity contribution >= 4 is 17.1 Å². The Bertz CT molecular complexity index is 1280. The van der Waals surface area contributed by atoms with Crippen molar-refractivity contribution in [2.75, 3.05) is 38.2 Å². The van der Waals surface area contributed by atoms with E-state index in [1.54, 1.807) is 14.2 Å². The van der Waals surface area contributed by atoms with E-state index in [0.29, 0.717) is 23.8 Å². The monoisotopic (exact) mass is 452 g/mol. The number of nitrogens with zero attached hydrogens (tertiary/aromatic N) is 6. The number of ether oxygens (including phenoxy) is 1. The van der Waals surface area contributed by atoms with E-state index in [2.05, 4.69) is 9.80 Å². The summed E-state index contributed by atoms with van der Waals surface area (Å²) in [6.45, 7) is 4.66. The van der Waals surface area contributed by atoms with Crippen LogP contribution in [0.25, 0.3) is 11.2 Å². The molecule has 0 bridgehead atoms. The molecule has 2 saturated heterocycles. The molecule has 2 aliphatic heterocycles. The number of hydrogen-bond donors (Lipinski definition) is 0. The Morgan fingerprint density at radius 2 is 1.76 bits per heavy atom. The van der Waals surface area contributed by atoms with Gasteiger partial charge in [0.05, 0.1) is 13.7 Å². The average Bonchev–Trinajstić information content (AvgIpc) is 3.51. The van der Waals surface area contributed by atoms with Gasteiger partial charge in [-0.2, -0.15) is 4.98 Å². The van der Waals surface area contributed by atoms with Crippen LogP contribution in [0, 0.1) is 0 Å². The van der Waals surface area contributed by atoms with E-state index >= 15 is 0 Å². The fourth-order valence-electron chi connectivity index (χ4n) is 5.32. The van der Waals surface area contributed by atoms with E-state index in [1.165, 1.54) is 37.5 Å². The van der Waals surface area contributed by atoms with Gasteiger partial charge in [-0.3, -0.25) is 18.5 Å². The van der Waals surface area contributed by atoms with Gasteiger partial charge in [-0.05, 0) is 56.5 Å². The molecule has 0 atom stereocenters. The summed E-state index contributed by atoms with van der Waals surface area (Å²) in [6.07, 6.45) is 4.76. The Kier molecular flexibility index (Phi) is 5.74. The van der Waals surface area contributed by atoms with Crippen LogP contribution in [-0.4, -0.2) is 62.9 Å². The number of benzene rings is 1. The second kappa shape index (κ2) is 8.70. The van der Waals surface area contributed by atoms with Crippen molar-refractivity contribution < 1.29 is 4.74 Å². The largest absolute Gasteiger partial charge is 0.497 e. The summed E-state index contributed by atoms with van der Waals surface area (Å²) in [5.41, 5.74) is 1.22. The van der Waals surface area contributed by atoms with Crippen LogP contribution in [0.15, 0.2) is 33.9 Å². The number of piperidine rings is 1. The summed E-state index contributed by atoms with van der Waals surface area (Å²) in [7, 11) is 4.85. The first-order valence-corrected chi connectivity index (χ1v) is 11.8. The lowest BCUT2D eigenvalue weighted by atomic mass is 10.0. The number of likely N-dealkylation sites (tertiary alicyclic amines) is 1. The first-order valence-electron chi connectivity index (χ1n) is 11.8. The molecule has 0 N–H and O–H groups in total. The second-order valence-corrected chi connectivity index (χ2v) is 9.19. The highest BCUT2D eigenvalue weighted by molar-refractivity contribution is 5.75. The van der Waals surface area contributed by atoms with Crippen LogP contribution in [0.4, 0.5) is 5.95 Å². The molecule has 0 amide bonds. The molecule has 9 heteroatoms. The molecule has 176 valence electrons. The number of imidazole rings is 1. The van der Waals surface area contributed by atoms with Gasteiger partial charge in [0.2, 0.25) is 5.95 Å². The highest BCUT2D eigenvalue weighted by atomic mass is 16.5. The number of aryl methyl sites for hydroxylation is 1. The lowest BCUT2D eigenvalue weighted by molar-refractivity contribution is 0.207. The molecular formula is C24H32N6O3. The molecule has 2 aliphatic rings. The van der Waals surface area contributed by atoms with Crippen LogP contribution >= 0.6 is 0 Å². The van der Waals surface area contributed by atoms with Crippen LogP contribution in [0.2, 0.25) is 0 Å². The molecule has 4 heterocycles. The summed E-state index contributed by atoms with van der Waals surface area (Å²) in [5, 5.41) is 0. The molecule has 0 aliphatic carbocycles. The van der Waals surface area contributed by atoms with Crippen molar-refractivity contribution in [2.45, 2.75) is 38.3 Å². The first kappa shape index (κ1) is 21.8. The number of methoxy groups -OCH3 is 1. The van der Waals surface area contributed by atoms with E-state index in [0.717, 1.165) is 47.8 Å². The molecule has 33 heavy (non-hydrogen) atoms. The van der Waals surface area contributed by atoms with Crippen LogP contribution in [0.3, 0.4) is 0 Å².